The maximum atomic E-state index is 13.3. The number of rotatable bonds is 6. The van der Waals surface area contributed by atoms with Gasteiger partial charge in [-0.05, 0) is 55.5 Å². The molecule has 0 radical (unpaired) electrons. The summed E-state index contributed by atoms with van der Waals surface area (Å²) in [6.07, 6.45) is -0.901. The van der Waals surface area contributed by atoms with Gasteiger partial charge in [-0.15, -0.1) is 0 Å². The lowest BCUT2D eigenvalue weighted by Crippen LogP contribution is -2.30. The molecule has 0 aliphatic rings. The zero-order valence-corrected chi connectivity index (χ0v) is 17.2. The van der Waals surface area contributed by atoms with E-state index in [9.17, 15) is 14.0 Å². The van der Waals surface area contributed by atoms with Crippen LogP contribution in [0.15, 0.2) is 77.2 Å². The van der Waals surface area contributed by atoms with Gasteiger partial charge in [0.1, 0.15) is 17.1 Å². The minimum absolute atomic E-state index is 0.0499. The van der Waals surface area contributed by atoms with Gasteiger partial charge in [0.2, 0.25) is 5.78 Å². The Hall–Kier alpha value is -3.64. The van der Waals surface area contributed by atoms with Crippen molar-refractivity contribution >= 4 is 39.9 Å². The highest BCUT2D eigenvalue weighted by Crippen LogP contribution is 2.33. The van der Waals surface area contributed by atoms with Crippen molar-refractivity contribution in [3.8, 4) is 5.75 Å². The second kappa shape index (κ2) is 8.62. The van der Waals surface area contributed by atoms with Crippen LogP contribution in [-0.4, -0.2) is 17.8 Å². The molecule has 31 heavy (non-hydrogen) atoms. The lowest BCUT2D eigenvalue weighted by Gasteiger charge is -2.15. The highest BCUT2D eigenvalue weighted by molar-refractivity contribution is 6.32. The van der Waals surface area contributed by atoms with Crippen LogP contribution in [0.25, 0.3) is 11.0 Å². The number of nitrogens with one attached hydrogen (secondary N) is 1. The van der Waals surface area contributed by atoms with Gasteiger partial charge in [0.15, 0.2) is 11.9 Å². The molecular formula is C24H17ClFNO4. The first-order valence-electron chi connectivity index (χ1n) is 9.48. The van der Waals surface area contributed by atoms with Crippen LogP contribution in [0.1, 0.15) is 23.0 Å². The zero-order valence-electron chi connectivity index (χ0n) is 16.4. The third kappa shape index (κ3) is 4.29. The van der Waals surface area contributed by atoms with E-state index in [-0.39, 0.29) is 17.0 Å². The highest BCUT2D eigenvalue weighted by Gasteiger charge is 2.25. The zero-order chi connectivity index (χ0) is 22.0. The van der Waals surface area contributed by atoms with Gasteiger partial charge in [-0.3, -0.25) is 9.59 Å². The fraction of sp³-hybridized carbons (Fsp3) is 0.0833. The number of amides is 1. The number of hydrogen-bond acceptors (Lipinski definition) is 4. The van der Waals surface area contributed by atoms with E-state index in [2.05, 4.69) is 5.32 Å². The van der Waals surface area contributed by atoms with Gasteiger partial charge in [0.25, 0.3) is 5.91 Å². The number of furan rings is 1. The third-order valence-corrected chi connectivity index (χ3v) is 4.98. The average Bonchev–Trinajstić information content (AvgIpc) is 3.13. The molecule has 7 heteroatoms. The number of ether oxygens (including phenoxy) is 1. The van der Waals surface area contributed by atoms with Crippen LogP contribution < -0.4 is 10.1 Å². The molecule has 4 rings (SSSR count). The number of benzene rings is 3. The number of carbonyl (C=O) groups excluding carboxylic acids is 2. The average molecular weight is 438 g/mol. The Labute approximate surface area is 182 Å². The van der Waals surface area contributed by atoms with Gasteiger partial charge in [0.05, 0.1) is 10.7 Å². The molecule has 0 saturated heterocycles. The molecule has 1 heterocycles. The molecule has 0 aliphatic heterocycles. The Morgan fingerprint density at radius 3 is 2.42 bits per heavy atom. The fourth-order valence-electron chi connectivity index (χ4n) is 3.07. The molecule has 0 fully saturated rings. The van der Waals surface area contributed by atoms with Crippen molar-refractivity contribution in [3.63, 3.8) is 0 Å². The summed E-state index contributed by atoms with van der Waals surface area (Å²) in [5.74, 6) is -1.11. The number of para-hydroxylation sites is 2. The van der Waals surface area contributed by atoms with Crippen molar-refractivity contribution in [3.05, 3.63) is 95.0 Å². The predicted molar refractivity (Wildman–Crippen MR) is 116 cm³/mol. The summed E-state index contributed by atoms with van der Waals surface area (Å²) < 4.78 is 24.7. The van der Waals surface area contributed by atoms with Crippen LogP contribution in [0.3, 0.4) is 0 Å². The first-order chi connectivity index (χ1) is 14.9. The lowest BCUT2D eigenvalue weighted by molar-refractivity contribution is -0.122. The molecule has 0 bridgehead atoms. The second-order valence-electron chi connectivity index (χ2n) is 6.82. The molecule has 156 valence electrons. The second-order valence-corrected chi connectivity index (χ2v) is 7.23. The van der Waals surface area contributed by atoms with E-state index in [0.29, 0.717) is 21.7 Å². The SMILES string of the molecule is C[C@H](Oc1ccccc1Cl)C(=O)Nc1c(C(=O)c2ccc(F)cc2)oc2ccccc12. The number of ketones is 1. The van der Waals surface area contributed by atoms with Crippen molar-refractivity contribution in [2.24, 2.45) is 0 Å². The molecule has 1 N–H and O–H groups in total. The van der Waals surface area contributed by atoms with E-state index < -0.39 is 23.6 Å². The first kappa shape index (κ1) is 20.6. The molecule has 1 aromatic heterocycles. The van der Waals surface area contributed by atoms with Crippen LogP contribution in [-0.2, 0) is 4.79 Å². The lowest BCUT2D eigenvalue weighted by atomic mass is 10.1. The van der Waals surface area contributed by atoms with E-state index in [1.807, 2.05) is 0 Å². The minimum Gasteiger partial charge on any atom is -0.479 e. The van der Waals surface area contributed by atoms with Crippen molar-refractivity contribution in [2.45, 2.75) is 13.0 Å². The van der Waals surface area contributed by atoms with Crippen LogP contribution in [0.4, 0.5) is 10.1 Å². The monoisotopic (exact) mass is 437 g/mol. The quantitative estimate of drug-likeness (QED) is 0.383. The van der Waals surface area contributed by atoms with Crippen molar-refractivity contribution < 1.29 is 23.1 Å². The fourth-order valence-corrected chi connectivity index (χ4v) is 3.25. The summed E-state index contributed by atoms with van der Waals surface area (Å²) in [6.45, 7) is 1.57. The largest absolute Gasteiger partial charge is 0.479 e. The number of anilines is 1. The van der Waals surface area contributed by atoms with E-state index in [1.165, 1.54) is 24.3 Å². The van der Waals surface area contributed by atoms with E-state index in [0.717, 1.165) is 0 Å². The molecule has 0 aliphatic carbocycles. The van der Waals surface area contributed by atoms with E-state index in [4.69, 9.17) is 20.8 Å². The predicted octanol–water partition coefficient (Wildman–Crippen LogP) is 5.86. The Balaban J connectivity index is 1.65. The van der Waals surface area contributed by atoms with Gasteiger partial charge in [-0.2, -0.15) is 0 Å². The number of hydrogen-bond donors (Lipinski definition) is 1. The summed E-state index contributed by atoms with van der Waals surface area (Å²) in [7, 11) is 0. The maximum Gasteiger partial charge on any atom is 0.265 e. The molecule has 0 saturated carbocycles. The maximum absolute atomic E-state index is 13.3. The van der Waals surface area contributed by atoms with Gasteiger partial charge >= 0.3 is 0 Å². The molecule has 1 atom stereocenters. The molecule has 5 nitrogen and oxygen atoms in total. The van der Waals surface area contributed by atoms with Gasteiger partial charge in [-0.1, -0.05) is 35.9 Å². The van der Waals surface area contributed by atoms with Crippen molar-refractivity contribution in [2.75, 3.05) is 5.32 Å². The third-order valence-electron chi connectivity index (χ3n) is 4.67. The van der Waals surface area contributed by atoms with Crippen LogP contribution >= 0.6 is 11.6 Å². The molecule has 1 amide bonds. The Bertz CT molecular complexity index is 1270. The van der Waals surface area contributed by atoms with Crippen LogP contribution in [0, 0.1) is 5.82 Å². The van der Waals surface area contributed by atoms with E-state index >= 15 is 0 Å². The Morgan fingerprint density at radius 2 is 1.68 bits per heavy atom. The molecule has 4 aromatic rings. The summed E-state index contributed by atoms with van der Waals surface area (Å²) >= 11 is 6.10. The van der Waals surface area contributed by atoms with Crippen LogP contribution in [0.2, 0.25) is 5.02 Å². The molecule has 0 spiro atoms. The number of halogens is 2. The van der Waals surface area contributed by atoms with Gasteiger partial charge in [-0.25, -0.2) is 4.39 Å². The van der Waals surface area contributed by atoms with Crippen molar-refractivity contribution in [1.82, 2.24) is 0 Å². The standard InChI is InChI=1S/C24H17ClFNO4/c1-14(30-20-9-5-3-7-18(20)25)24(29)27-21-17-6-2-4-8-19(17)31-23(21)22(28)15-10-12-16(26)13-11-15/h2-14H,1H3,(H,27,29)/t14-/m0/s1. The van der Waals surface area contributed by atoms with Crippen LogP contribution in [0.5, 0.6) is 5.75 Å². The Morgan fingerprint density at radius 1 is 1.00 bits per heavy atom. The van der Waals surface area contributed by atoms with Gasteiger partial charge in [0, 0.05) is 10.9 Å². The minimum atomic E-state index is -0.901. The van der Waals surface area contributed by atoms with Crippen molar-refractivity contribution in [1.29, 1.82) is 0 Å². The normalized spacial score (nSPS) is 11.8. The van der Waals surface area contributed by atoms with E-state index in [1.54, 1.807) is 55.5 Å². The summed E-state index contributed by atoms with van der Waals surface area (Å²) in [5, 5.41) is 3.68. The summed E-state index contributed by atoms with van der Waals surface area (Å²) in [6, 6.07) is 18.9. The number of fused-ring (bicyclic) bond motifs is 1. The highest BCUT2D eigenvalue weighted by atomic mass is 35.5. The molecule has 3 aromatic carbocycles. The first-order valence-corrected chi connectivity index (χ1v) is 9.85. The summed E-state index contributed by atoms with van der Waals surface area (Å²) in [5.41, 5.74) is 0.892. The van der Waals surface area contributed by atoms with Gasteiger partial charge < -0.3 is 14.5 Å². The Kier molecular flexibility index (Phi) is 5.73. The number of carbonyl (C=O) groups is 2. The molecular weight excluding hydrogens is 421 g/mol. The topological polar surface area (TPSA) is 68.5 Å². The smallest absolute Gasteiger partial charge is 0.265 e. The summed E-state index contributed by atoms with van der Waals surface area (Å²) in [4.78, 5) is 25.9. The molecule has 0 unspecified atom stereocenters.